The Kier molecular flexibility index (Phi) is 18.0. The Balaban J connectivity index is 3.22. The van der Waals surface area contributed by atoms with Gasteiger partial charge in [-0.05, 0) is 62.3 Å². The minimum absolute atomic E-state index is 0.0181. The average molecular weight is 680 g/mol. The number of aromatic hydroxyl groups is 1. The molecule has 0 aliphatic carbocycles. The van der Waals surface area contributed by atoms with Crippen LogP contribution in [0.1, 0.15) is 57.9 Å². The highest BCUT2D eigenvalue weighted by Gasteiger charge is 2.33. The van der Waals surface area contributed by atoms with Gasteiger partial charge in [-0.25, -0.2) is 4.79 Å². The summed E-state index contributed by atoms with van der Waals surface area (Å²) in [5, 5.41) is 38.4. The monoisotopic (exact) mass is 679 g/mol. The molecule has 268 valence electrons. The van der Waals surface area contributed by atoms with Crippen LogP contribution in [0.25, 0.3) is 0 Å². The minimum Gasteiger partial charge on any atom is -0.508 e. The first-order valence-electron chi connectivity index (χ1n) is 15.5. The van der Waals surface area contributed by atoms with Crippen molar-refractivity contribution in [1.82, 2.24) is 21.3 Å². The van der Waals surface area contributed by atoms with Gasteiger partial charge in [0.15, 0.2) is 5.96 Å². The molecule has 0 unspecified atom stereocenters. The Morgan fingerprint density at radius 3 is 1.88 bits per heavy atom. The summed E-state index contributed by atoms with van der Waals surface area (Å²) < 4.78 is 0. The Hall–Kier alpha value is -4.97. The van der Waals surface area contributed by atoms with Crippen LogP contribution in [-0.4, -0.2) is 100 Å². The smallest absolute Gasteiger partial charge is 0.326 e. The number of unbranched alkanes of at least 4 members (excludes halogenated alkanes) is 1. The first-order chi connectivity index (χ1) is 22.5. The van der Waals surface area contributed by atoms with E-state index in [2.05, 4.69) is 26.3 Å². The summed E-state index contributed by atoms with van der Waals surface area (Å²) in [5.41, 5.74) is 22.3. The van der Waals surface area contributed by atoms with E-state index in [-0.39, 0.29) is 43.9 Å². The molecule has 0 fully saturated rings. The fourth-order valence-corrected chi connectivity index (χ4v) is 4.48. The number of carbonyl (C=O) groups excluding carboxylic acids is 4. The largest absolute Gasteiger partial charge is 0.508 e. The molecule has 18 heteroatoms. The van der Waals surface area contributed by atoms with E-state index in [1.165, 1.54) is 24.3 Å². The number of phenolic OH excluding ortho intramolecular Hbond substituents is 1. The van der Waals surface area contributed by atoms with Crippen molar-refractivity contribution in [1.29, 1.82) is 0 Å². The number of phenols is 1. The second-order valence-corrected chi connectivity index (χ2v) is 11.6. The molecule has 0 saturated carbocycles. The van der Waals surface area contributed by atoms with Crippen LogP contribution in [-0.2, 0) is 35.2 Å². The van der Waals surface area contributed by atoms with Crippen LogP contribution in [0, 0.1) is 5.92 Å². The molecule has 0 aliphatic rings. The second-order valence-electron chi connectivity index (χ2n) is 11.6. The van der Waals surface area contributed by atoms with Crippen LogP contribution in [0.4, 0.5) is 0 Å². The van der Waals surface area contributed by atoms with Crippen molar-refractivity contribution in [3.8, 4) is 5.75 Å². The highest BCUT2D eigenvalue weighted by Crippen LogP contribution is 2.13. The van der Waals surface area contributed by atoms with E-state index in [0.29, 0.717) is 24.9 Å². The highest BCUT2D eigenvalue weighted by molar-refractivity contribution is 5.96. The second kappa shape index (κ2) is 21.0. The summed E-state index contributed by atoms with van der Waals surface area (Å²) in [4.78, 5) is 79.7. The number of amides is 4. The van der Waals surface area contributed by atoms with Gasteiger partial charge in [-0.3, -0.25) is 29.0 Å². The molecule has 48 heavy (non-hydrogen) atoms. The number of guanidine groups is 1. The van der Waals surface area contributed by atoms with E-state index >= 15 is 0 Å². The molecule has 0 aromatic heterocycles. The molecule has 0 saturated heterocycles. The molecular formula is C30H49N9O9. The van der Waals surface area contributed by atoms with Crippen molar-refractivity contribution in [2.75, 3.05) is 13.1 Å². The van der Waals surface area contributed by atoms with Gasteiger partial charge in [-0.2, -0.15) is 0 Å². The van der Waals surface area contributed by atoms with Gasteiger partial charge in [0.2, 0.25) is 23.6 Å². The molecule has 0 spiro atoms. The molecule has 0 radical (unpaired) electrons. The van der Waals surface area contributed by atoms with E-state index in [1.807, 2.05) is 0 Å². The molecule has 4 amide bonds. The summed E-state index contributed by atoms with van der Waals surface area (Å²) in [5.74, 6) is -6.55. The van der Waals surface area contributed by atoms with Crippen molar-refractivity contribution in [3.63, 3.8) is 0 Å². The number of nitrogens with two attached hydrogens (primary N) is 4. The lowest BCUT2D eigenvalue weighted by Crippen LogP contribution is -2.60. The van der Waals surface area contributed by atoms with Crippen LogP contribution in [0.15, 0.2) is 29.3 Å². The van der Waals surface area contributed by atoms with Gasteiger partial charge in [-0.15, -0.1) is 0 Å². The number of carboxylic acids is 2. The molecule has 0 heterocycles. The first kappa shape index (κ1) is 41.1. The number of aliphatic imine (C=N–C) groups is 1. The Labute approximate surface area is 278 Å². The van der Waals surface area contributed by atoms with Gasteiger partial charge in [-0.1, -0.05) is 26.0 Å². The first-order valence-corrected chi connectivity index (χ1v) is 15.5. The van der Waals surface area contributed by atoms with Gasteiger partial charge in [0, 0.05) is 13.0 Å². The van der Waals surface area contributed by atoms with E-state index in [4.69, 9.17) is 28.0 Å². The summed E-state index contributed by atoms with van der Waals surface area (Å²) >= 11 is 0. The molecular weight excluding hydrogens is 630 g/mol. The number of benzene rings is 1. The number of hydrogen-bond acceptors (Lipinski definition) is 10. The maximum atomic E-state index is 13.6. The Bertz CT molecular complexity index is 1270. The maximum Gasteiger partial charge on any atom is 0.326 e. The van der Waals surface area contributed by atoms with E-state index in [0.717, 1.165) is 0 Å². The molecule has 1 rings (SSSR count). The fourth-order valence-electron chi connectivity index (χ4n) is 4.48. The number of rotatable bonds is 22. The molecule has 5 atom stereocenters. The molecule has 18 nitrogen and oxygen atoms in total. The Morgan fingerprint density at radius 1 is 0.771 bits per heavy atom. The van der Waals surface area contributed by atoms with Crippen LogP contribution >= 0.6 is 0 Å². The van der Waals surface area contributed by atoms with Crippen LogP contribution in [0.2, 0.25) is 0 Å². The van der Waals surface area contributed by atoms with Crippen molar-refractivity contribution >= 4 is 41.5 Å². The standard InChI is InChI=1S/C30H49N9O9/c1-16(2)24(39-26(44)20(6-3-4-12-31)36-25(43)19(32)15-23(41)42)28(46)38-22(14-17-8-10-18(40)11-9-17)27(45)37-21(29(47)48)7-5-13-35-30(33)34/h8-11,16,19-22,24,40H,3-7,12-15,31-32H2,1-2H3,(H,36,43)(H,37,45)(H,38,46)(H,39,44)(H,41,42)(H,47,48)(H4,33,34,35)/t19-,20-,21-,22-,24-/m0/s1. The topological polar surface area (TPSA) is 328 Å². The van der Waals surface area contributed by atoms with Gasteiger partial charge in [0.05, 0.1) is 12.5 Å². The molecule has 1 aromatic rings. The quantitative estimate of drug-likeness (QED) is 0.0346. The number of carboxylic acid groups (broad SMARTS) is 2. The summed E-state index contributed by atoms with van der Waals surface area (Å²) in [6, 6.07) is -0.646. The minimum atomic E-state index is -1.42. The fraction of sp³-hybridized carbons (Fsp3) is 0.567. The number of nitrogens with zero attached hydrogens (tertiary/aromatic N) is 1. The van der Waals surface area contributed by atoms with Gasteiger partial charge >= 0.3 is 11.9 Å². The van der Waals surface area contributed by atoms with Crippen LogP contribution < -0.4 is 44.2 Å². The summed E-state index contributed by atoms with van der Waals surface area (Å²) in [7, 11) is 0. The third-order valence-corrected chi connectivity index (χ3v) is 7.13. The molecule has 0 bridgehead atoms. The van der Waals surface area contributed by atoms with Gasteiger partial charge in [0.1, 0.15) is 29.9 Å². The zero-order chi connectivity index (χ0) is 36.4. The van der Waals surface area contributed by atoms with Crippen LogP contribution in [0.3, 0.4) is 0 Å². The third-order valence-electron chi connectivity index (χ3n) is 7.13. The normalized spacial score (nSPS) is 14.0. The predicted octanol–water partition coefficient (Wildman–Crippen LogP) is -2.40. The SMILES string of the molecule is CC(C)[C@H](NC(=O)[C@H](CCCCN)NC(=O)[C@@H](N)CC(=O)O)C(=O)N[C@@H](Cc1ccc(O)cc1)C(=O)N[C@@H](CCCN=C(N)N)C(=O)O. The summed E-state index contributed by atoms with van der Waals surface area (Å²) in [6.07, 6.45) is 0.514. The average Bonchev–Trinajstić information content (AvgIpc) is 3.00. The van der Waals surface area contributed by atoms with E-state index in [1.54, 1.807) is 13.8 Å². The van der Waals surface area contributed by atoms with Crippen LogP contribution in [0.5, 0.6) is 5.75 Å². The lowest BCUT2D eigenvalue weighted by Gasteiger charge is -2.28. The number of hydrogen-bond donors (Lipinski definition) is 11. The number of nitrogens with one attached hydrogen (secondary N) is 4. The van der Waals surface area contributed by atoms with Gasteiger partial charge < -0.3 is 59.5 Å². The van der Waals surface area contributed by atoms with E-state index < -0.39 is 78.1 Å². The number of carbonyl (C=O) groups is 6. The zero-order valence-corrected chi connectivity index (χ0v) is 27.2. The third kappa shape index (κ3) is 15.5. The van der Waals surface area contributed by atoms with E-state index in [9.17, 15) is 39.0 Å². The zero-order valence-electron chi connectivity index (χ0n) is 27.2. The maximum absolute atomic E-state index is 13.6. The molecule has 15 N–H and O–H groups in total. The summed E-state index contributed by atoms with van der Waals surface area (Å²) in [6.45, 7) is 3.73. The predicted molar refractivity (Wildman–Crippen MR) is 175 cm³/mol. The van der Waals surface area contributed by atoms with Crippen molar-refractivity contribution in [2.45, 2.75) is 89.0 Å². The van der Waals surface area contributed by atoms with Crippen molar-refractivity contribution < 1.29 is 44.1 Å². The highest BCUT2D eigenvalue weighted by atomic mass is 16.4. The van der Waals surface area contributed by atoms with Gasteiger partial charge in [0.25, 0.3) is 0 Å². The number of aliphatic carboxylic acids is 2. The lowest BCUT2D eigenvalue weighted by molar-refractivity contribution is -0.142. The molecule has 0 aliphatic heterocycles. The molecule has 1 aromatic carbocycles. The van der Waals surface area contributed by atoms with Crippen molar-refractivity contribution in [3.05, 3.63) is 29.8 Å². The lowest BCUT2D eigenvalue weighted by atomic mass is 9.99. The van der Waals surface area contributed by atoms with Crippen molar-refractivity contribution in [2.24, 2.45) is 33.8 Å². The Morgan fingerprint density at radius 2 is 1.33 bits per heavy atom.